The van der Waals surface area contributed by atoms with Crippen molar-refractivity contribution in [2.45, 2.75) is 43.8 Å². The lowest BCUT2D eigenvalue weighted by Crippen LogP contribution is -2.32. The zero-order chi connectivity index (χ0) is 13.7. The van der Waals surface area contributed by atoms with Gasteiger partial charge in [-0.15, -0.1) is 0 Å². The molecule has 0 atom stereocenters. The normalized spacial score (nSPS) is 14.1. The van der Waals surface area contributed by atoms with E-state index < -0.39 is 33.2 Å². The van der Waals surface area contributed by atoms with Crippen LogP contribution in [0.3, 0.4) is 0 Å². The molecular formula is C10H18F4O2Si. The fourth-order valence-corrected chi connectivity index (χ4v) is 2.23. The molecule has 102 valence electrons. The minimum absolute atomic E-state index is 0.0166. The molecule has 0 unspecified atom stereocenters. The lowest BCUT2D eigenvalue weighted by atomic mass is 10.1. The number of ether oxygens (including phenoxy) is 1. The van der Waals surface area contributed by atoms with E-state index in [0.29, 0.717) is 12.5 Å². The Bertz CT molecular complexity index is 223. The highest BCUT2D eigenvalue weighted by molar-refractivity contribution is 6.69. The standard InChI is InChI=1S/C10H18F4O2Si/c1-9(11,12)7-10(13,14)8-16-5-4-6-17(2,3)15/h1,15H,4-8H2,2-3H3. The van der Waals surface area contributed by atoms with Crippen LogP contribution < -0.4 is 0 Å². The van der Waals surface area contributed by atoms with Crippen molar-refractivity contribution in [2.24, 2.45) is 0 Å². The largest absolute Gasteiger partial charge is 0.432 e. The maximum Gasteiger partial charge on any atom is 0.276 e. The highest BCUT2D eigenvalue weighted by Crippen LogP contribution is 2.29. The molecule has 0 aliphatic heterocycles. The van der Waals surface area contributed by atoms with Crippen molar-refractivity contribution in [3.05, 3.63) is 6.92 Å². The van der Waals surface area contributed by atoms with Crippen LogP contribution in [0.5, 0.6) is 0 Å². The minimum Gasteiger partial charge on any atom is -0.432 e. The van der Waals surface area contributed by atoms with E-state index in [1.54, 1.807) is 13.1 Å². The van der Waals surface area contributed by atoms with E-state index >= 15 is 0 Å². The van der Waals surface area contributed by atoms with Crippen LogP contribution in [0.1, 0.15) is 12.8 Å². The molecule has 0 aliphatic rings. The van der Waals surface area contributed by atoms with Gasteiger partial charge in [-0.25, -0.2) is 17.6 Å². The molecule has 0 saturated heterocycles. The van der Waals surface area contributed by atoms with E-state index in [1.165, 1.54) is 0 Å². The van der Waals surface area contributed by atoms with Gasteiger partial charge in [-0.1, -0.05) is 0 Å². The predicted octanol–water partition coefficient (Wildman–Crippen LogP) is 2.96. The third-order valence-corrected chi connectivity index (χ3v) is 3.46. The van der Waals surface area contributed by atoms with E-state index in [-0.39, 0.29) is 6.61 Å². The molecule has 1 N–H and O–H groups in total. The second-order valence-corrected chi connectivity index (χ2v) is 8.89. The summed E-state index contributed by atoms with van der Waals surface area (Å²) in [6, 6.07) is 0.519. The van der Waals surface area contributed by atoms with Crippen LogP contribution >= 0.6 is 0 Å². The summed E-state index contributed by atoms with van der Waals surface area (Å²) >= 11 is 0. The second kappa shape index (κ2) is 6.15. The molecule has 0 heterocycles. The molecule has 0 aliphatic carbocycles. The van der Waals surface area contributed by atoms with Gasteiger partial charge in [-0.05, 0) is 25.6 Å². The highest BCUT2D eigenvalue weighted by atomic mass is 28.4. The van der Waals surface area contributed by atoms with Crippen molar-refractivity contribution in [2.75, 3.05) is 13.2 Å². The zero-order valence-electron chi connectivity index (χ0n) is 9.98. The lowest BCUT2D eigenvalue weighted by Gasteiger charge is -2.20. The van der Waals surface area contributed by atoms with E-state index in [9.17, 15) is 22.4 Å². The molecule has 0 saturated carbocycles. The van der Waals surface area contributed by atoms with Crippen molar-refractivity contribution in [3.63, 3.8) is 0 Å². The van der Waals surface area contributed by atoms with Gasteiger partial charge in [0.15, 0.2) is 8.32 Å². The Labute approximate surface area is 100 Å². The fourth-order valence-electron chi connectivity index (χ4n) is 1.22. The third kappa shape index (κ3) is 12.1. The Morgan fingerprint density at radius 2 is 1.76 bits per heavy atom. The molecule has 0 rings (SSSR count). The smallest absolute Gasteiger partial charge is 0.276 e. The zero-order valence-corrected chi connectivity index (χ0v) is 11.0. The minimum atomic E-state index is -3.90. The molecule has 17 heavy (non-hydrogen) atoms. The molecule has 0 aromatic heterocycles. The summed E-state index contributed by atoms with van der Waals surface area (Å²) in [7, 11) is -2.20. The Kier molecular flexibility index (Phi) is 6.10. The van der Waals surface area contributed by atoms with Crippen molar-refractivity contribution in [1.29, 1.82) is 0 Å². The van der Waals surface area contributed by atoms with Crippen molar-refractivity contribution in [3.8, 4) is 0 Å². The van der Waals surface area contributed by atoms with Gasteiger partial charge in [0.05, 0.1) is 6.42 Å². The summed E-state index contributed by atoms with van der Waals surface area (Å²) in [6.07, 6.45) is -1.29. The van der Waals surface area contributed by atoms with Crippen LogP contribution in [-0.4, -0.2) is 38.2 Å². The Morgan fingerprint density at radius 1 is 1.24 bits per heavy atom. The van der Waals surface area contributed by atoms with Crippen molar-refractivity contribution in [1.82, 2.24) is 0 Å². The quantitative estimate of drug-likeness (QED) is 0.419. The van der Waals surface area contributed by atoms with Crippen LogP contribution in [0, 0.1) is 6.92 Å². The van der Waals surface area contributed by atoms with Gasteiger partial charge in [0.25, 0.3) is 11.8 Å². The number of rotatable bonds is 8. The molecule has 0 spiro atoms. The van der Waals surface area contributed by atoms with E-state index in [0.717, 1.165) is 0 Å². The van der Waals surface area contributed by atoms with Gasteiger partial charge in [-0.3, -0.25) is 0 Å². The molecule has 0 amide bonds. The fraction of sp³-hybridized carbons (Fsp3) is 0.900. The van der Waals surface area contributed by atoms with E-state index in [4.69, 9.17) is 0 Å². The first-order chi connectivity index (χ1) is 7.41. The van der Waals surface area contributed by atoms with Crippen molar-refractivity contribution < 1.29 is 27.1 Å². The SMILES string of the molecule is [CH]C(F)(F)CC(F)(F)COCCC[Si](C)(C)O. The molecule has 2 nitrogen and oxygen atoms in total. The lowest BCUT2D eigenvalue weighted by molar-refractivity contribution is -0.128. The monoisotopic (exact) mass is 274 g/mol. The van der Waals surface area contributed by atoms with Crippen LogP contribution in [0.4, 0.5) is 17.6 Å². The Hall–Kier alpha value is -0.143. The van der Waals surface area contributed by atoms with Crippen molar-refractivity contribution >= 4 is 8.32 Å². The average Bonchev–Trinajstić information content (AvgIpc) is 1.95. The van der Waals surface area contributed by atoms with Crippen LogP contribution in [0.2, 0.25) is 19.1 Å². The van der Waals surface area contributed by atoms with Crippen LogP contribution in [-0.2, 0) is 4.74 Å². The summed E-state index contributed by atoms with van der Waals surface area (Å²) < 4.78 is 54.7. The van der Waals surface area contributed by atoms with E-state index in [2.05, 4.69) is 11.7 Å². The number of alkyl halides is 4. The maximum atomic E-state index is 12.9. The topological polar surface area (TPSA) is 29.5 Å². The van der Waals surface area contributed by atoms with Gasteiger partial charge < -0.3 is 9.53 Å². The maximum absolute atomic E-state index is 12.9. The van der Waals surface area contributed by atoms with E-state index in [1.807, 2.05) is 0 Å². The second-order valence-electron chi connectivity index (χ2n) is 4.76. The summed E-state index contributed by atoms with van der Waals surface area (Å²) in [6.45, 7) is 6.59. The van der Waals surface area contributed by atoms with Crippen LogP contribution in [0.15, 0.2) is 0 Å². The molecule has 0 fully saturated rings. The predicted molar refractivity (Wildman–Crippen MR) is 58.8 cm³/mol. The van der Waals surface area contributed by atoms with Gasteiger partial charge in [0, 0.05) is 13.5 Å². The number of halogens is 4. The van der Waals surface area contributed by atoms with Gasteiger partial charge >= 0.3 is 0 Å². The van der Waals surface area contributed by atoms with Gasteiger partial charge in [-0.2, -0.15) is 0 Å². The first-order valence-electron chi connectivity index (χ1n) is 5.26. The Balaban J connectivity index is 3.74. The third-order valence-electron chi connectivity index (χ3n) is 1.88. The summed E-state index contributed by atoms with van der Waals surface area (Å²) in [5.41, 5.74) is 0. The highest BCUT2D eigenvalue weighted by Gasteiger charge is 2.40. The summed E-state index contributed by atoms with van der Waals surface area (Å²) in [5, 5.41) is 0. The molecule has 0 aromatic carbocycles. The Morgan fingerprint density at radius 3 is 2.18 bits per heavy atom. The summed E-state index contributed by atoms with van der Waals surface area (Å²) in [4.78, 5) is 9.45. The van der Waals surface area contributed by atoms with Crippen LogP contribution in [0.25, 0.3) is 0 Å². The van der Waals surface area contributed by atoms with Gasteiger partial charge in [0.1, 0.15) is 6.61 Å². The molecule has 0 bridgehead atoms. The first-order valence-corrected chi connectivity index (χ1v) is 8.41. The molecular weight excluding hydrogens is 256 g/mol. The number of hydrogen-bond donors (Lipinski definition) is 1. The molecule has 2 radical (unpaired) electrons. The average molecular weight is 274 g/mol. The number of hydrogen-bond acceptors (Lipinski definition) is 2. The van der Waals surface area contributed by atoms with Gasteiger partial charge in [0.2, 0.25) is 0 Å². The first kappa shape index (κ1) is 16.9. The molecule has 0 aromatic rings. The molecule has 7 heteroatoms. The summed E-state index contributed by atoms with van der Waals surface area (Å²) in [5.74, 6) is -7.53.